The van der Waals surface area contributed by atoms with Crippen LogP contribution in [0.2, 0.25) is 0 Å². The van der Waals surface area contributed by atoms with Crippen molar-refractivity contribution in [2.24, 2.45) is 5.92 Å². The van der Waals surface area contributed by atoms with Gasteiger partial charge in [-0.15, -0.1) is 0 Å². The molecule has 5 heteroatoms. The number of likely N-dealkylation sites (tertiary alicyclic amines) is 1. The van der Waals surface area contributed by atoms with Gasteiger partial charge in [0.05, 0.1) is 12.6 Å². The third kappa shape index (κ3) is 4.92. The van der Waals surface area contributed by atoms with Crippen LogP contribution in [0.5, 0.6) is 11.5 Å². The summed E-state index contributed by atoms with van der Waals surface area (Å²) < 4.78 is 6.23. The second kappa shape index (κ2) is 10.5. The van der Waals surface area contributed by atoms with E-state index >= 15 is 0 Å². The number of amides is 1. The molecule has 1 saturated heterocycles. The van der Waals surface area contributed by atoms with Crippen LogP contribution in [0.3, 0.4) is 0 Å². The molecule has 3 aliphatic rings. The molecule has 5 nitrogen and oxygen atoms in total. The Labute approximate surface area is 226 Å². The summed E-state index contributed by atoms with van der Waals surface area (Å²) in [6, 6.07) is 23.4. The van der Waals surface area contributed by atoms with E-state index in [0.717, 1.165) is 60.4 Å². The molecular formula is C33H38N2O3. The lowest BCUT2D eigenvalue weighted by Gasteiger charge is -2.44. The lowest BCUT2D eigenvalue weighted by atomic mass is 9.82. The zero-order chi connectivity index (χ0) is 26.1. The van der Waals surface area contributed by atoms with Crippen molar-refractivity contribution in [1.29, 1.82) is 0 Å². The Hall–Kier alpha value is -3.31. The molecule has 0 aromatic heterocycles. The van der Waals surface area contributed by atoms with Crippen LogP contribution in [-0.2, 0) is 6.42 Å². The number of rotatable bonds is 8. The van der Waals surface area contributed by atoms with Gasteiger partial charge in [0.2, 0.25) is 0 Å². The number of nitrogens with zero attached hydrogens (tertiary/aromatic N) is 2. The van der Waals surface area contributed by atoms with Crippen LogP contribution < -0.4 is 4.74 Å². The average Bonchev–Trinajstić information content (AvgIpc) is 3.55. The van der Waals surface area contributed by atoms with Crippen molar-refractivity contribution >= 4 is 5.91 Å². The maximum Gasteiger partial charge on any atom is 0.255 e. The number of hydrogen-bond donors (Lipinski definition) is 1. The summed E-state index contributed by atoms with van der Waals surface area (Å²) in [5.74, 6) is 1.81. The van der Waals surface area contributed by atoms with E-state index in [1.54, 1.807) is 6.07 Å². The van der Waals surface area contributed by atoms with Gasteiger partial charge in [0.25, 0.3) is 5.91 Å². The molecular weight excluding hydrogens is 472 g/mol. The van der Waals surface area contributed by atoms with Crippen LogP contribution in [-0.4, -0.2) is 52.6 Å². The normalized spacial score (nSPS) is 21.9. The molecule has 1 N–H and O–H groups in total. The lowest BCUT2D eigenvalue weighted by Crippen LogP contribution is -2.49. The molecule has 1 amide bonds. The van der Waals surface area contributed by atoms with Crippen molar-refractivity contribution in [1.82, 2.24) is 9.80 Å². The van der Waals surface area contributed by atoms with Crippen molar-refractivity contribution in [3.8, 4) is 11.5 Å². The fourth-order valence-electron chi connectivity index (χ4n) is 6.40. The van der Waals surface area contributed by atoms with E-state index in [2.05, 4.69) is 41.0 Å². The Bertz CT molecular complexity index is 1270. The smallest absolute Gasteiger partial charge is 0.255 e. The molecule has 3 aromatic rings. The third-order valence-electron chi connectivity index (χ3n) is 8.66. The van der Waals surface area contributed by atoms with E-state index in [1.807, 2.05) is 42.5 Å². The van der Waals surface area contributed by atoms with E-state index in [1.165, 1.54) is 32.4 Å². The molecule has 1 spiro atoms. The van der Waals surface area contributed by atoms with Crippen LogP contribution in [0.1, 0.15) is 72.1 Å². The summed E-state index contributed by atoms with van der Waals surface area (Å²) >= 11 is 0. The molecule has 2 heterocycles. The van der Waals surface area contributed by atoms with Gasteiger partial charge in [0.15, 0.2) is 0 Å². The maximum atomic E-state index is 14.0. The lowest BCUT2D eigenvalue weighted by molar-refractivity contribution is 0.0541. The molecule has 2 atom stereocenters. The molecule has 38 heavy (non-hydrogen) atoms. The molecule has 1 saturated carbocycles. The maximum absolute atomic E-state index is 14.0. The number of aromatic hydroxyl groups is 1. The second-order valence-electron chi connectivity index (χ2n) is 11.4. The minimum atomic E-state index is -0.203. The summed E-state index contributed by atoms with van der Waals surface area (Å²) in [7, 11) is 0. The summed E-state index contributed by atoms with van der Waals surface area (Å²) in [5, 5.41) is 10.2. The minimum Gasteiger partial charge on any atom is -0.508 e. The number of carbonyl (C=O) groups excluding carboxylic acids is 1. The van der Waals surface area contributed by atoms with Crippen molar-refractivity contribution in [2.45, 2.75) is 57.0 Å². The first-order valence-corrected chi connectivity index (χ1v) is 14.2. The zero-order valence-corrected chi connectivity index (χ0v) is 22.3. The predicted octanol–water partition coefficient (Wildman–Crippen LogP) is 6.21. The molecule has 3 aromatic carbocycles. The molecule has 198 valence electrons. The van der Waals surface area contributed by atoms with Gasteiger partial charge in [-0.05, 0) is 98.3 Å². The Morgan fingerprint density at radius 1 is 1.05 bits per heavy atom. The van der Waals surface area contributed by atoms with Gasteiger partial charge in [0, 0.05) is 23.6 Å². The molecule has 1 aliphatic carbocycles. The van der Waals surface area contributed by atoms with E-state index < -0.39 is 0 Å². The number of hydrogen-bond acceptors (Lipinski definition) is 4. The fraction of sp³-hybridized carbons (Fsp3) is 0.424. The number of ether oxygens (including phenoxy) is 1. The van der Waals surface area contributed by atoms with Gasteiger partial charge in [0.1, 0.15) is 11.5 Å². The molecule has 6 rings (SSSR count). The van der Waals surface area contributed by atoms with Crippen molar-refractivity contribution in [2.75, 3.05) is 26.2 Å². The van der Waals surface area contributed by atoms with Gasteiger partial charge in [-0.1, -0.05) is 49.7 Å². The first kappa shape index (κ1) is 25.0. The van der Waals surface area contributed by atoms with Crippen LogP contribution in [0.25, 0.3) is 0 Å². The fourth-order valence-corrected chi connectivity index (χ4v) is 6.40. The summed E-state index contributed by atoms with van der Waals surface area (Å²) in [4.78, 5) is 18.7. The van der Waals surface area contributed by atoms with Gasteiger partial charge in [-0.3, -0.25) is 4.79 Å². The number of carbonyl (C=O) groups is 1. The Kier molecular flexibility index (Phi) is 6.87. The number of phenols is 1. The highest BCUT2D eigenvalue weighted by molar-refractivity contribution is 5.96. The number of phenolic OH excluding ortho intramolecular Hbond substituents is 1. The highest BCUT2D eigenvalue weighted by Crippen LogP contribution is 2.55. The van der Waals surface area contributed by atoms with E-state index in [4.69, 9.17) is 4.74 Å². The Morgan fingerprint density at radius 2 is 1.84 bits per heavy atom. The topological polar surface area (TPSA) is 53.0 Å². The quantitative estimate of drug-likeness (QED) is 0.391. The molecule has 2 unspecified atom stereocenters. The van der Waals surface area contributed by atoms with Crippen LogP contribution >= 0.6 is 0 Å². The van der Waals surface area contributed by atoms with Crippen LogP contribution in [0.15, 0.2) is 72.8 Å². The summed E-state index contributed by atoms with van der Waals surface area (Å²) in [6.45, 7) is 6.49. The monoisotopic (exact) mass is 510 g/mol. The standard InChI is InChI=1S/C33H38N2O3/c1-2-3-18-34-19-15-24(22-34)23-38-29-12-9-25(10-13-29)31-30-14-11-28(36)20-27(30)21-33(16-17-33)35(31)32(37)26-7-5-4-6-8-26/h4-14,20,24,31,36H,2-3,15-19,21-23H2,1H3. The van der Waals surface area contributed by atoms with E-state index in [0.29, 0.717) is 5.92 Å². The van der Waals surface area contributed by atoms with Crippen molar-refractivity contribution in [3.63, 3.8) is 0 Å². The SMILES string of the molecule is CCCCN1CCC(COc2ccc(C3c4ccc(O)cc4CC4(CC4)N3C(=O)c3ccccc3)cc2)C1. The molecule has 0 bridgehead atoms. The molecule has 0 radical (unpaired) electrons. The number of benzene rings is 3. The van der Waals surface area contributed by atoms with Gasteiger partial charge < -0.3 is 19.6 Å². The zero-order valence-electron chi connectivity index (χ0n) is 22.3. The first-order valence-electron chi connectivity index (χ1n) is 14.2. The summed E-state index contributed by atoms with van der Waals surface area (Å²) in [5.41, 5.74) is 3.83. The van der Waals surface area contributed by atoms with Gasteiger partial charge in [-0.25, -0.2) is 0 Å². The average molecular weight is 511 g/mol. The number of unbranched alkanes of at least 4 members (excludes halogenated alkanes) is 1. The second-order valence-corrected chi connectivity index (χ2v) is 11.4. The Balaban J connectivity index is 1.25. The van der Waals surface area contributed by atoms with Crippen molar-refractivity contribution < 1.29 is 14.6 Å². The van der Waals surface area contributed by atoms with Gasteiger partial charge in [-0.2, -0.15) is 0 Å². The third-order valence-corrected chi connectivity index (χ3v) is 8.66. The van der Waals surface area contributed by atoms with Crippen LogP contribution in [0, 0.1) is 5.92 Å². The highest BCUT2D eigenvalue weighted by Gasteiger charge is 2.56. The predicted molar refractivity (Wildman–Crippen MR) is 150 cm³/mol. The van der Waals surface area contributed by atoms with Crippen LogP contribution in [0.4, 0.5) is 0 Å². The Morgan fingerprint density at radius 3 is 2.58 bits per heavy atom. The number of fused-ring (bicyclic) bond motifs is 1. The largest absolute Gasteiger partial charge is 0.508 e. The van der Waals surface area contributed by atoms with E-state index in [9.17, 15) is 9.90 Å². The molecule has 2 aliphatic heterocycles. The van der Waals surface area contributed by atoms with Gasteiger partial charge >= 0.3 is 0 Å². The molecule has 2 fully saturated rings. The summed E-state index contributed by atoms with van der Waals surface area (Å²) in [6.07, 6.45) is 6.45. The highest BCUT2D eigenvalue weighted by atomic mass is 16.5. The van der Waals surface area contributed by atoms with E-state index in [-0.39, 0.29) is 23.2 Å². The minimum absolute atomic E-state index is 0.0704. The van der Waals surface area contributed by atoms with Crippen molar-refractivity contribution in [3.05, 3.63) is 95.1 Å². The first-order chi connectivity index (χ1) is 18.6.